The van der Waals surface area contributed by atoms with Gasteiger partial charge in [-0.3, -0.25) is 0 Å². The summed E-state index contributed by atoms with van der Waals surface area (Å²) in [5, 5.41) is 20.2. The van der Waals surface area contributed by atoms with Gasteiger partial charge >= 0.3 is 0 Å². The van der Waals surface area contributed by atoms with Gasteiger partial charge in [-0.15, -0.1) is 22.6 Å². The predicted octanol–water partition coefficient (Wildman–Crippen LogP) is 0.565. The number of nitrogen functional groups attached to an aromatic ring is 1. The van der Waals surface area contributed by atoms with Crippen LogP contribution in [0.25, 0.3) is 0 Å². The molecule has 17 heavy (non-hydrogen) atoms. The number of hydrazone groups is 1. The summed E-state index contributed by atoms with van der Waals surface area (Å²) in [6, 6.07) is 6.61. The van der Waals surface area contributed by atoms with E-state index in [1.165, 1.54) is 11.0 Å². The van der Waals surface area contributed by atoms with Gasteiger partial charge in [0.15, 0.2) is 0 Å². The molecule has 0 spiro atoms. The van der Waals surface area contributed by atoms with Crippen molar-refractivity contribution in [3.05, 3.63) is 36.2 Å². The van der Waals surface area contributed by atoms with Crippen molar-refractivity contribution in [2.24, 2.45) is 5.10 Å². The lowest BCUT2D eigenvalue weighted by Crippen LogP contribution is -2.10. The molecule has 90 valence electrons. The molecular formula is C9H11ClN6O. The zero-order chi connectivity index (χ0) is 11.4. The molecular weight excluding hydrogens is 244 g/mol. The van der Waals surface area contributed by atoms with Gasteiger partial charge in [-0.25, -0.2) is 10.1 Å². The Morgan fingerprint density at radius 3 is 2.65 bits per heavy atom. The number of phenolic OH excluding ortho intramolecular Hbond substituents is 1. The van der Waals surface area contributed by atoms with Crippen LogP contribution in [0.5, 0.6) is 5.75 Å². The van der Waals surface area contributed by atoms with E-state index in [0.717, 1.165) is 5.56 Å². The second-order valence-corrected chi connectivity index (χ2v) is 3.02. The van der Waals surface area contributed by atoms with E-state index in [-0.39, 0.29) is 18.2 Å². The zero-order valence-electron chi connectivity index (χ0n) is 8.69. The number of aromatic hydroxyl groups is 1. The van der Waals surface area contributed by atoms with Crippen molar-refractivity contribution in [2.45, 2.75) is 0 Å². The summed E-state index contributed by atoms with van der Waals surface area (Å²) in [6.45, 7) is 0. The number of halogens is 1. The summed E-state index contributed by atoms with van der Waals surface area (Å²) < 4.78 is 1.22. The Kier molecular flexibility index (Phi) is 4.29. The molecule has 2 aromatic rings. The number of nitrogens with two attached hydrogens (primary N) is 1. The van der Waals surface area contributed by atoms with E-state index in [2.05, 4.69) is 20.7 Å². The molecule has 0 saturated carbocycles. The SMILES string of the molecule is Cl.Nn1cnnc1N/N=C/c1ccc(O)cc1. The number of anilines is 1. The van der Waals surface area contributed by atoms with Gasteiger partial charge < -0.3 is 10.9 Å². The Morgan fingerprint density at radius 2 is 2.06 bits per heavy atom. The monoisotopic (exact) mass is 254 g/mol. The number of phenols is 1. The molecule has 0 saturated heterocycles. The number of aromatic nitrogens is 3. The van der Waals surface area contributed by atoms with Gasteiger partial charge in [0.05, 0.1) is 6.21 Å². The van der Waals surface area contributed by atoms with E-state index in [9.17, 15) is 0 Å². The van der Waals surface area contributed by atoms with Gasteiger partial charge in [-0.05, 0) is 29.8 Å². The van der Waals surface area contributed by atoms with E-state index < -0.39 is 0 Å². The van der Waals surface area contributed by atoms with Crippen LogP contribution in [0.4, 0.5) is 5.95 Å². The summed E-state index contributed by atoms with van der Waals surface area (Å²) >= 11 is 0. The topological polar surface area (TPSA) is 101 Å². The Hall–Kier alpha value is -2.28. The highest BCUT2D eigenvalue weighted by atomic mass is 35.5. The van der Waals surface area contributed by atoms with E-state index in [1.54, 1.807) is 30.5 Å². The lowest BCUT2D eigenvalue weighted by Gasteiger charge is -1.97. The van der Waals surface area contributed by atoms with Crippen molar-refractivity contribution in [1.82, 2.24) is 14.9 Å². The third kappa shape index (κ3) is 3.35. The molecule has 2 rings (SSSR count). The molecule has 0 aliphatic rings. The molecule has 0 aliphatic heterocycles. The van der Waals surface area contributed by atoms with Crippen molar-refractivity contribution in [2.75, 3.05) is 11.3 Å². The Bertz CT molecular complexity index is 494. The minimum Gasteiger partial charge on any atom is -0.508 e. The molecule has 0 amide bonds. The molecule has 7 nitrogen and oxygen atoms in total. The maximum absolute atomic E-state index is 9.07. The standard InChI is InChI=1S/C9H10N6O.ClH/c10-15-6-12-14-9(15)13-11-5-7-1-3-8(16)4-2-7;/h1-6,16H,10H2,(H,13,14);1H/b11-5+;. The first kappa shape index (κ1) is 12.8. The van der Waals surface area contributed by atoms with E-state index in [1.807, 2.05) is 0 Å². The van der Waals surface area contributed by atoms with Crippen molar-refractivity contribution in [3.8, 4) is 5.75 Å². The lowest BCUT2D eigenvalue weighted by atomic mass is 10.2. The predicted molar refractivity (Wildman–Crippen MR) is 66.7 cm³/mol. The second-order valence-electron chi connectivity index (χ2n) is 3.02. The highest BCUT2D eigenvalue weighted by molar-refractivity contribution is 5.85. The van der Waals surface area contributed by atoms with Crippen LogP contribution < -0.4 is 11.3 Å². The lowest BCUT2D eigenvalue weighted by molar-refractivity contribution is 0.475. The van der Waals surface area contributed by atoms with E-state index in [0.29, 0.717) is 5.95 Å². The molecule has 1 heterocycles. The molecule has 8 heteroatoms. The Balaban J connectivity index is 0.00000144. The third-order valence-corrected chi connectivity index (χ3v) is 1.84. The highest BCUT2D eigenvalue weighted by Gasteiger charge is 1.96. The fourth-order valence-electron chi connectivity index (χ4n) is 1.05. The molecule has 4 N–H and O–H groups in total. The van der Waals surface area contributed by atoms with Crippen molar-refractivity contribution < 1.29 is 5.11 Å². The molecule has 0 fully saturated rings. The van der Waals surface area contributed by atoms with Crippen molar-refractivity contribution in [1.29, 1.82) is 0 Å². The van der Waals surface area contributed by atoms with Crippen LogP contribution in [-0.4, -0.2) is 26.2 Å². The molecule has 0 unspecified atom stereocenters. The van der Waals surface area contributed by atoms with Gasteiger partial charge in [0.25, 0.3) is 5.95 Å². The zero-order valence-corrected chi connectivity index (χ0v) is 9.50. The average Bonchev–Trinajstić information content (AvgIpc) is 2.68. The summed E-state index contributed by atoms with van der Waals surface area (Å²) in [7, 11) is 0. The van der Waals surface area contributed by atoms with Crippen LogP contribution in [0.1, 0.15) is 5.56 Å². The number of rotatable bonds is 3. The molecule has 0 aliphatic carbocycles. The quantitative estimate of drug-likeness (QED) is 0.422. The Labute approximate surface area is 103 Å². The van der Waals surface area contributed by atoms with Gasteiger partial charge in [-0.2, -0.15) is 5.10 Å². The molecule has 1 aromatic heterocycles. The van der Waals surface area contributed by atoms with Crippen LogP contribution in [0, 0.1) is 0 Å². The first-order chi connectivity index (χ1) is 7.75. The molecule has 0 bridgehead atoms. The second kappa shape index (κ2) is 5.71. The summed E-state index contributed by atoms with van der Waals surface area (Å²) in [5.41, 5.74) is 3.47. The minimum atomic E-state index is 0. The first-order valence-corrected chi connectivity index (χ1v) is 4.49. The molecule has 0 radical (unpaired) electrons. The Morgan fingerprint density at radius 1 is 1.35 bits per heavy atom. The molecule has 0 atom stereocenters. The first-order valence-electron chi connectivity index (χ1n) is 4.49. The molecule has 1 aromatic carbocycles. The average molecular weight is 255 g/mol. The van der Waals surface area contributed by atoms with Crippen molar-refractivity contribution in [3.63, 3.8) is 0 Å². The van der Waals surface area contributed by atoms with Crippen LogP contribution in [0.15, 0.2) is 35.7 Å². The summed E-state index contributed by atoms with van der Waals surface area (Å²) in [6.07, 6.45) is 2.94. The third-order valence-electron chi connectivity index (χ3n) is 1.84. The van der Waals surface area contributed by atoms with E-state index >= 15 is 0 Å². The van der Waals surface area contributed by atoms with Crippen LogP contribution >= 0.6 is 12.4 Å². The highest BCUT2D eigenvalue weighted by Crippen LogP contribution is 2.07. The van der Waals surface area contributed by atoms with Gasteiger partial charge in [0.2, 0.25) is 0 Å². The minimum absolute atomic E-state index is 0. The number of benzene rings is 1. The number of hydrogen-bond acceptors (Lipinski definition) is 6. The maximum atomic E-state index is 9.07. The largest absolute Gasteiger partial charge is 0.508 e. The number of nitrogens with one attached hydrogen (secondary N) is 1. The van der Waals surface area contributed by atoms with Crippen LogP contribution in [0.2, 0.25) is 0 Å². The van der Waals surface area contributed by atoms with Crippen LogP contribution in [-0.2, 0) is 0 Å². The van der Waals surface area contributed by atoms with Crippen molar-refractivity contribution >= 4 is 24.6 Å². The normalized spacial score (nSPS) is 10.1. The van der Waals surface area contributed by atoms with Crippen LogP contribution in [0.3, 0.4) is 0 Å². The smallest absolute Gasteiger partial charge is 0.263 e. The number of nitrogens with zero attached hydrogens (tertiary/aromatic N) is 4. The number of hydrogen-bond donors (Lipinski definition) is 3. The maximum Gasteiger partial charge on any atom is 0.263 e. The van der Waals surface area contributed by atoms with Gasteiger partial charge in [0, 0.05) is 0 Å². The van der Waals surface area contributed by atoms with E-state index in [4.69, 9.17) is 10.9 Å². The fraction of sp³-hybridized carbons (Fsp3) is 0. The summed E-state index contributed by atoms with van der Waals surface area (Å²) in [5.74, 6) is 6.02. The fourth-order valence-corrected chi connectivity index (χ4v) is 1.05. The summed E-state index contributed by atoms with van der Waals surface area (Å²) in [4.78, 5) is 0. The van der Waals surface area contributed by atoms with Gasteiger partial charge in [-0.1, -0.05) is 0 Å². The van der Waals surface area contributed by atoms with Gasteiger partial charge in [0.1, 0.15) is 12.1 Å².